The average Bonchev–Trinajstić information content (AvgIpc) is 2.44. The summed E-state index contributed by atoms with van der Waals surface area (Å²) in [6, 6.07) is 10.6. The summed E-state index contributed by atoms with van der Waals surface area (Å²) in [6.07, 6.45) is 8.69. The van der Waals surface area contributed by atoms with E-state index in [0.29, 0.717) is 0 Å². The van der Waals surface area contributed by atoms with Gasteiger partial charge >= 0.3 is 0 Å². The number of hydrazine groups is 1. The number of aromatic nitrogens is 2. The summed E-state index contributed by atoms with van der Waals surface area (Å²) in [6.45, 7) is 0. The molecule has 0 bridgehead atoms. The van der Waals surface area contributed by atoms with Crippen LogP contribution >= 0.6 is 0 Å². The average molecular weight is 254 g/mol. The minimum absolute atomic E-state index is 0.0114. The van der Waals surface area contributed by atoms with Crippen LogP contribution in [-0.4, -0.2) is 9.97 Å². The van der Waals surface area contributed by atoms with Gasteiger partial charge in [-0.05, 0) is 18.4 Å². The quantitative estimate of drug-likeness (QED) is 0.648. The minimum Gasteiger partial charge on any atom is -0.271 e. The molecule has 0 radical (unpaired) electrons. The van der Waals surface area contributed by atoms with E-state index in [4.69, 9.17) is 5.84 Å². The van der Waals surface area contributed by atoms with Gasteiger partial charge in [-0.1, -0.05) is 36.8 Å². The van der Waals surface area contributed by atoms with Gasteiger partial charge in [-0.2, -0.15) is 0 Å². The molecule has 2 aromatic rings. The largest absolute Gasteiger partial charge is 0.271 e. The van der Waals surface area contributed by atoms with Crippen LogP contribution < -0.4 is 11.3 Å². The Morgan fingerprint density at radius 3 is 2.47 bits per heavy atom. The predicted molar refractivity (Wildman–Crippen MR) is 74.1 cm³/mol. The smallest absolute Gasteiger partial charge is 0.0778 e. The number of benzene rings is 1. The summed E-state index contributed by atoms with van der Waals surface area (Å²) in [5, 5.41) is 0. The van der Waals surface area contributed by atoms with Crippen molar-refractivity contribution in [1.82, 2.24) is 15.4 Å². The summed E-state index contributed by atoms with van der Waals surface area (Å²) in [5.41, 5.74) is 5.24. The van der Waals surface area contributed by atoms with Gasteiger partial charge < -0.3 is 0 Å². The minimum atomic E-state index is 0.0114. The first kappa shape index (κ1) is 12.3. The Hall–Kier alpha value is -1.78. The zero-order valence-corrected chi connectivity index (χ0v) is 10.8. The lowest BCUT2D eigenvalue weighted by molar-refractivity contribution is 0.167. The van der Waals surface area contributed by atoms with E-state index in [1.54, 1.807) is 18.6 Å². The standard InChI is InChI=1S/C15H18N4/c16-19-14(13-11-17-9-10-18-13)15(7-4-8-15)12-5-2-1-3-6-12/h1-3,5-6,9-11,14,19H,4,7-8,16H2. The first-order valence-corrected chi connectivity index (χ1v) is 6.64. The highest BCUT2D eigenvalue weighted by Gasteiger charge is 2.46. The molecule has 4 nitrogen and oxygen atoms in total. The third-order valence-corrected chi connectivity index (χ3v) is 4.19. The lowest BCUT2D eigenvalue weighted by Crippen LogP contribution is -2.49. The third-order valence-electron chi connectivity index (χ3n) is 4.19. The van der Waals surface area contributed by atoms with Crippen molar-refractivity contribution in [3.05, 3.63) is 60.2 Å². The summed E-state index contributed by atoms with van der Waals surface area (Å²) < 4.78 is 0. The second kappa shape index (κ2) is 5.07. The fraction of sp³-hybridized carbons (Fsp3) is 0.333. The van der Waals surface area contributed by atoms with Gasteiger partial charge in [0, 0.05) is 17.8 Å². The Morgan fingerprint density at radius 2 is 1.95 bits per heavy atom. The molecule has 1 atom stereocenters. The molecule has 1 saturated carbocycles. The summed E-state index contributed by atoms with van der Waals surface area (Å²) >= 11 is 0. The molecule has 3 rings (SSSR count). The molecule has 19 heavy (non-hydrogen) atoms. The molecule has 1 aromatic carbocycles. The number of nitrogens with zero attached hydrogens (tertiary/aromatic N) is 2. The van der Waals surface area contributed by atoms with E-state index in [1.807, 2.05) is 6.07 Å². The van der Waals surface area contributed by atoms with Crippen molar-refractivity contribution < 1.29 is 0 Å². The number of hydrogen-bond acceptors (Lipinski definition) is 4. The maximum absolute atomic E-state index is 5.82. The van der Waals surface area contributed by atoms with Crippen LogP contribution in [0.4, 0.5) is 0 Å². The Bertz CT molecular complexity index is 522. The Labute approximate surface area is 113 Å². The van der Waals surface area contributed by atoms with Crippen LogP contribution in [0.1, 0.15) is 36.6 Å². The van der Waals surface area contributed by atoms with Crippen molar-refractivity contribution in [2.75, 3.05) is 0 Å². The molecule has 3 N–H and O–H groups in total. The highest BCUT2D eigenvalue weighted by molar-refractivity contribution is 5.33. The van der Waals surface area contributed by atoms with Gasteiger partial charge in [-0.15, -0.1) is 0 Å². The lowest BCUT2D eigenvalue weighted by atomic mass is 9.59. The van der Waals surface area contributed by atoms with Crippen molar-refractivity contribution in [2.24, 2.45) is 5.84 Å². The van der Waals surface area contributed by atoms with Gasteiger partial charge in [-0.25, -0.2) is 0 Å². The molecule has 0 amide bonds. The molecule has 0 spiro atoms. The Kier molecular flexibility index (Phi) is 3.27. The van der Waals surface area contributed by atoms with Crippen molar-refractivity contribution in [2.45, 2.75) is 30.7 Å². The van der Waals surface area contributed by atoms with Gasteiger partial charge in [0.2, 0.25) is 0 Å². The molecule has 4 heteroatoms. The van der Waals surface area contributed by atoms with Crippen molar-refractivity contribution in [1.29, 1.82) is 0 Å². The Balaban J connectivity index is 2.01. The van der Waals surface area contributed by atoms with Crippen LogP contribution in [0.5, 0.6) is 0 Å². The SMILES string of the molecule is NNC(c1cnccn1)C1(c2ccccc2)CCC1. The monoisotopic (exact) mass is 254 g/mol. The summed E-state index contributed by atoms with van der Waals surface area (Å²) in [7, 11) is 0. The van der Waals surface area contributed by atoms with Gasteiger partial charge in [-0.3, -0.25) is 21.2 Å². The number of nitrogens with one attached hydrogen (secondary N) is 1. The van der Waals surface area contributed by atoms with E-state index in [-0.39, 0.29) is 11.5 Å². The van der Waals surface area contributed by atoms with Gasteiger partial charge in [0.05, 0.1) is 17.9 Å². The van der Waals surface area contributed by atoms with Crippen LogP contribution in [0, 0.1) is 0 Å². The molecule has 1 unspecified atom stereocenters. The maximum atomic E-state index is 5.82. The fourth-order valence-electron chi connectivity index (χ4n) is 3.06. The van der Waals surface area contributed by atoms with Gasteiger partial charge in [0.15, 0.2) is 0 Å². The molecule has 98 valence electrons. The first-order chi connectivity index (χ1) is 9.37. The van der Waals surface area contributed by atoms with E-state index in [0.717, 1.165) is 18.5 Å². The third kappa shape index (κ3) is 2.03. The highest BCUT2D eigenvalue weighted by atomic mass is 15.2. The predicted octanol–water partition coefficient (Wildman–Crippen LogP) is 2.10. The maximum Gasteiger partial charge on any atom is 0.0778 e. The summed E-state index contributed by atoms with van der Waals surface area (Å²) in [5.74, 6) is 5.82. The number of hydrogen-bond donors (Lipinski definition) is 2. The number of rotatable bonds is 4. The molecular formula is C15H18N4. The van der Waals surface area contributed by atoms with Crippen LogP contribution in [0.3, 0.4) is 0 Å². The molecule has 1 aliphatic rings. The van der Waals surface area contributed by atoms with Crippen LogP contribution in [0.2, 0.25) is 0 Å². The lowest BCUT2D eigenvalue weighted by Gasteiger charge is -2.47. The molecule has 0 aliphatic heterocycles. The highest BCUT2D eigenvalue weighted by Crippen LogP contribution is 2.51. The zero-order chi connectivity index (χ0) is 13.1. The van der Waals surface area contributed by atoms with Gasteiger partial charge in [0.1, 0.15) is 0 Å². The van der Waals surface area contributed by atoms with Crippen molar-refractivity contribution in [3.63, 3.8) is 0 Å². The van der Waals surface area contributed by atoms with E-state index >= 15 is 0 Å². The molecule has 1 heterocycles. The van der Waals surface area contributed by atoms with Crippen LogP contribution in [0.15, 0.2) is 48.9 Å². The molecule has 1 fully saturated rings. The van der Waals surface area contributed by atoms with E-state index < -0.39 is 0 Å². The van der Waals surface area contributed by atoms with E-state index in [1.165, 1.54) is 12.0 Å². The first-order valence-electron chi connectivity index (χ1n) is 6.64. The fourth-order valence-corrected chi connectivity index (χ4v) is 3.06. The van der Waals surface area contributed by atoms with Gasteiger partial charge in [0.25, 0.3) is 0 Å². The normalized spacial score (nSPS) is 18.6. The van der Waals surface area contributed by atoms with Crippen LogP contribution in [-0.2, 0) is 5.41 Å². The second-order valence-electron chi connectivity index (χ2n) is 5.11. The number of nitrogens with two attached hydrogens (primary N) is 1. The molecule has 1 aromatic heterocycles. The van der Waals surface area contributed by atoms with Crippen LogP contribution in [0.25, 0.3) is 0 Å². The zero-order valence-electron chi connectivity index (χ0n) is 10.8. The molecule has 1 aliphatic carbocycles. The van der Waals surface area contributed by atoms with Crippen molar-refractivity contribution >= 4 is 0 Å². The second-order valence-corrected chi connectivity index (χ2v) is 5.11. The summed E-state index contributed by atoms with van der Waals surface area (Å²) in [4.78, 5) is 8.58. The van der Waals surface area contributed by atoms with E-state index in [2.05, 4.69) is 39.7 Å². The van der Waals surface area contributed by atoms with Crippen molar-refractivity contribution in [3.8, 4) is 0 Å². The Morgan fingerprint density at radius 1 is 1.16 bits per heavy atom. The van der Waals surface area contributed by atoms with E-state index in [9.17, 15) is 0 Å². The molecule has 0 saturated heterocycles. The molecular weight excluding hydrogens is 236 g/mol. The topological polar surface area (TPSA) is 63.8 Å².